The topological polar surface area (TPSA) is 105 Å². The van der Waals surface area contributed by atoms with E-state index in [0.717, 1.165) is 35.1 Å². The second-order valence-electron chi connectivity index (χ2n) is 10.00. The van der Waals surface area contributed by atoms with Crippen molar-refractivity contribution in [3.8, 4) is 11.1 Å². The van der Waals surface area contributed by atoms with E-state index < -0.39 is 30.1 Å². The number of carbonyl (C=O) groups is 3. The minimum atomic E-state index is -0.889. The number of hydrogen-bond acceptors (Lipinski definition) is 4. The number of carboxylic acids is 1. The van der Waals surface area contributed by atoms with Gasteiger partial charge in [-0.2, -0.15) is 0 Å². The van der Waals surface area contributed by atoms with Crippen LogP contribution < -0.4 is 10.6 Å². The highest BCUT2D eigenvalue weighted by atomic mass is 16.5. The van der Waals surface area contributed by atoms with Crippen LogP contribution in [0.25, 0.3) is 11.1 Å². The number of fused-ring (bicyclic) bond motifs is 3. The smallest absolute Gasteiger partial charge is 0.407 e. The van der Waals surface area contributed by atoms with Crippen molar-refractivity contribution in [2.75, 3.05) is 6.61 Å². The number of nitrogens with one attached hydrogen (secondary N) is 2. The van der Waals surface area contributed by atoms with Crippen molar-refractivity contribution in [3.05, 3.63) is 59.7 Å². The molecular weight excluding hydrogens is 444 g/mol. The number of carboxylic acid groups (broad SMARTS) is 1. The van der Waals surface area contributed by atoms with Crippen LogP contribution in [0.4, 0.5) is 4.79 Å². The summed E-state index contributed by atoms with van der Waals surface area (Å²) in [5.74, 6) is -1.75. The number of hydrogen-bond donors (Lipinski definition) is 3. The second kappa shape index (κ2) is 10.9. The molecule has 4 rings (SSSR count). The zero-order valence-corrected chi connectivity index (χ0v) is 20.3. The zero-order valence-electron chi connectivity index (χ0n) is 20.3. The third-order valence-electron chi connectivity index (χ3n) is 7.07. The molecule has 0 aliphatic heterocycles. The number of alkyl carbamates (subject to hydrolysis) is 1. The number of aliphatic carboxylic acids is 1. The lowest BCUT2D eigenvalue weighted by atomic mass is 9.84. The molecule has 7 nitrogen and oxygen atoms in total. The van der Waals surface area contributed by atoms with Gasteiger partial charge in [0, 0.05) is 12.0 Å². The van der Waals surface area contributed by atoms with E-state index in [0.29, 0.717) is 19.3 Å². The lowest BCUT2D eigenvalue weighted by molar-refractivity contribution is -0.144. The van der Waals surface area contributed by atoms with Crippen LogP contribution in [-0.2, 0) is 14.3 Å². The summed E-state index contributed by atoms with van der Waals surface area (Å²) in [4.78, 5) is 37.5. The molecule has 2 aromatic carbocycles. The third kappa shape index (κ3) is 5.66. The fourth-order valence-electron chi connectivity index (χ4n) is 5.37. The molecule has 2 aliphatic rings. The van der Waals surface area contributed by atoms with Crippen LogP contribution in [0, 0.1) is 11.8 Å². The fraction of sp³-hybridized carbons (Fsp3) is 0.464. The average molecular weight is 479 g/mol. The first-order chi connectivity index (χ1) is 16.8. The second-order valence-corrected chi connectivity index (χ2v) is 10.00. The highest BCUT2D eigenvalue weighted by Crippen LogP contribution is 2.44. The van der Waals surface area contributed by atoms with Crippen molar-refractivity contribution in [2.45, 2.75) is 64.0 Å². The van der Waals surface area contributed by atoms with Crippen LogP contribution in [-0.4, -0.2) is 41.8 Å². The summed E-state index contributed by atoms with van der Waals surface area (Å²) in [6.07, 6.45) is 2.68. The maximum Gasteiger partial charge on any atom is 0.407 e. The first kappa shape index (κ1) is 24.8. The Morgan fingerprint density at radius 3 is 2.17 bits per heavy atom. The monoisotopic (exact) mass is 478 g/mol. The molecule has 0 heterocycles. The summed E-state index contributed by atoms with van der Waals surface area (Å²) in [6.45, 7) is 4.11. The molecule has 3 unspecified atom stereocenters. The maximum atomic E-state index is 13.1. The molecule has 0 radical (unpaired) electrons. The highest BCUT2D eigenvalue weighted by molar-refractivity contribution is 5.86. The summed E-state index contributed by atoms with van der Waals surface area (Å²) >= 11 is 0. The number of benzene rings is 2. The average Bonchev–Trinajstić information content (AvgIpc) is 3.16. The van der Waals surface area contributed by atoms with Crippen molar-refractivity contribution in [3.63, 3.8) is 0 Å². The van der Waals surface area contributed by atoms with E-state index in [-0.39, 0.29) is 24.3 Å². The Bertz CT molecular complexity index is 1040. The van der Waals surface area contributed by atoms with Crippen LogP contribution in [0.5, 0.6) is 0 Å². The van der Waals surface area contributed by atoms with Gasteiger partial charge in [-0.25, -0.2) is 4.79 Å². The van der Waals surface area contributed by atoms with Gasteiger partial charge in [0.05, 0.1) is 5.92 Å². The molecule has 1 saturated carbocycles. The summed E-state index contributed by atoms with van der Waals surface area (Å²) in [6, 6.07) is 15.0. The van der Waals surface area contributed by atoms with Crippen LogP contribution in [0.2, 0.25) is 0 Å². The Hall–Kier alpha value is -3.35. The molecule has 35 heavy (non-hydrogen) atoms. The molecule has 3 N–H and O–H groups in total. The molecular formula is C28H34N2O5. The van der Waals surface area contributed by atoms with Gasteiger partial charge in [0.25, 0.3) is 0 Å². The molecule has 2 aliphatic carbocycles. The Balaban J connectivity index is 1.40. The molecule has 2 amide bonds. The molecule has 0 spiro atoms. The molecule has 7 heteroatoms. The van der Waals surface area contributed by atoms with Crippen LogP contribution in [0.15, 0.2) is 48.5 Å². The summed E-state index contributed by atoms with van der Waals surface area (Å²) < 4.78 is 5.63. The highest BCUT2D eigenvalue weighted by Gasteiger charge is 2.34. The van der Waals surface area contributed by atoms with Gasteiger partial charge in [-0.1, -0.05) is 75.2 Å². The van der Waals surface area contributed by atoms with E-state index in [4.69, 9.17) is 4.74 Å². The predicted octanol–water partition coefficient (Wildman–Crippen LogP) is 4.70. The van der Waals surface area contributed by atoms with Crippen LogP contribution in [0.1, 0.15) is 63.0 Å². The normalized spacial score (nSPS) is 20.0. The van der Waals surface area contributed by atoms with E-state index in [1.54, 1.807) is 0 Å². The van der Waals surface area contributed by atoms with Gasteiger partial charge in [-0.3, -0.25) is 9.59 Å². The van der Waals surface area contributed by atoms with Gasteiger partial charge in [0.2, 0.25) is 5.91 Å². The quantitative estimate of drug-likeness (QED) is 0.510. The Labute approximate surface area is 206 Å². The Kier molecular flexibility index (Phi) is 7.73. The third-order valence-corrected chi connectivity index (χ3v) is 7.07. The van der Waals surface area contributed by atoms with E-state index in [2.05, 4.69) is 34.9 Å². The van der Waals surface area contributed by atoms with Gasteiger partial charge >= 0.3 is 12.1 Å². The number of ether oxygens (including phenoxy) is 1. The molecule has 0 saturated heterocycles. The SMILES string of the molecule is CC(C)CC(NC(=O)OCC1c2ccccc2-c2ccccc21)C(=O)NC1CCCCC1C(=O)O. The fourth-order valence-corrected chi connectivity index (χ4v) is 5.37. The van der Waals surface area contributed by atoms with E-state index >= 15 is 0 Å². The van der Waals surface area contributed by atoms with Gasteiger partial charge in [0.15, 0.2) is 0 Å². The molecule has 3 atom stereocenters. The summed E-state index contributed by atoms with van der Waals surface area (Å²) in [7, 11) is 0. The van der Waals surface area contributed by atoms with Crippen LogP contribution in [0.3, 0.4) is 0 Å². The maximum absolute atomic E-state index is 13.1. The van der Waals surface area contributed by atoms with Crippen molar-refractivity contribution in [1.82, 2.24) is 10.6 Å². The number of rotatable bonds is 8. The molecule has 1 fully saturated rings. The summed E-state index contributed by atoms with van der Waals surface area (Å²) in [5, 5.41) is 15.2. The number of carbonyl (C=O) groups excluding carboxylic acids is 2. The van der Waals surface area contributed by atoms with Crippen LogP contribution >= 0.6 is 0 Å². The number of amides is 2. The molecule has 0 bridgehead atoms. The Morgan fingerprint density at radius 2 is 1.57 bits per heavy atom. The zero-order chi connectivity index (χ0) is 24.9. The van der Waals surface area contributed by atoms with Crippen molar-refractivity contribution < 1.29 is 24.2 Å². The van der Waals surface area contributed by atoms with Gasteiger partial charge in [0.1, 0.15) is 12.6 Å². The lowest BCUT2D eigenvalue weighted by Crippen LogP contribution is -2.53. The molecule has 186 valence electrons. The van der Waals surface area contributed by atoms with Gasteiger partial charge < -0.3 is 20.5 Å². The largest absolute Gasteiger partial charge is 0.481 e. The Morgan fingerprint density at radius 1 is 0.971 bits per heavy atom. The first-order valence-corrected chi connectivity index (χ1v) is 12.5. The lowest BCUT2D eigenvalue weighted by Gasteiger charge is -2.31. The summed E-state index contributed by atoms with van der Waals surface area (Å²) in [5.41, 5.74) is 4.54. The molecule has 2 aromatic rings. The minimum absolute atomic E-state index is 0.0657. The van der Waals surface area contributed by atoms with E-state index in [9.17, 15) is 19.5 Å². The van der Waals surface area contributed by atoms with Crippen molar-refractivity contribution in [1.29, 1.82) is 0 Å². The van der Waals surface area contributed by atoms with Crippen molar-refractivity contribution >= 4 is 18.0 Å². The van der Waals surface area contributed by atoms with E-state index in [1.165, 1.54) is 0 Å². The first-order valence-electron chi connectivity index (χ1n) is 12.5. The van der Waals surface area contributed by atoms with Gasteiger partial charge in [-0.05, 0) is 47.4 Å². The molecule has 0 aromatic heterocycles. The minimum Gasteiger partial charge on any atom is -0.481 e. The van der Waals surface area contributed by atoms with Crippen molar-refractivity contribution in [2.24, 2.45) is 11.8 Å². The predicted molar refractivity (Wildman–Crippen MR) is 133 cm³/mol. The van der Waals surface area contributed by atoms with E-state index in [1.807, 2.05) is 38.1 Å². The standard InChI is InChI=1S/C28H34N2O5/c1-17(2)15-25(26(31)29-24-14-8-7-13-22(24)27(32)33)30-28(34)35-16-23-20-11-5-3-9-18(20)19-10-4-6-12-21(19)23/h3-6,9-12,17,22-25H,7-8,13-16H2,1-2H3,(H,29,31)(H,30,34)(H,32,33). The van der Waals surface area contributed by atoms with Gasteiger partial charge in [-0.15, -0.1) is 0 Å².